The molecule has 0 aromatic heterocycles. The van der Waals surface area contributed by atoms with Gasteiger partial charge in [-0.05, 0) is 46.1 Å². The Kier molecular flexibility index (Phi) is 4.84. The third-order valence-corrected chi connectivity index (χ3v) is 5.38. The maximum Gasteiger partial charge on any atom is 0.334 e. The second-order valence-electron chi connectivity index (χ2n) is 7.83. The predicted molar refractivity (Wildman–Crippen MR) is 94.1 cm³/mol. The normalized spacial score (nSPS) is 39.1. The molecule has 2 aliphatic heterocycles. The van der Waals surface area contributed by atoms with Crippen LogP contribution in [0, 0.1) is 5.92 Å². The lowest BCUT2D eigenvalue weighted by Crippen LogP contribution is -2.44. The Bertz CT molecular complexity index is 701. The quantitative estimate of drug-likeness (QED) is 0.351. The van der Waals surface area contributed by atoms with E-state index in [2.05, 4.69) is 6.58 Å². The van der Waals surface area contributed by atoms with Gasteiger partial charge in [-0.25, -0.2) is 9.59 Å². The number of carbonyl (C=O) groups is 2. The molecular weight excluding hydrogens is 336 g/mol. The molecule has 1 aliphatic carbocycles. The lowest BCUT2D eigenvalue weighted by Gasteiger charge is -2.30. The fourth-order valence-electron chi connectivity index (χ4n) is 3.85. The van der Waals surface area contributed by atoms with Crippen LogP contribution in [0.5, 0.6) is 0 Å². The summed E-state index contributed by atoms with van der Waals surface area (Å²) in [5, 5.41) is 11.0. The van der Waals surface area contributed by atoms with Crippen molar-refractivity contribution in [1.82, 2.24) is 0 Å². The molecule has 3 rings (SSSR count). The minimum Gasteiger partial charge on any atom is -0.455 e. The summed E-state index contributed by atoms with van der Waals surface area (Å²) in [7, 11) is 0. The van der Waals surface area contributed by atoms with Crippen LogP contribution in [0.3, 0.4) is 0 Å². The second kappa shape index (κ2) is 6.67. The van der Waals surface area contributed by atoms with Gasteiger partial charge >= 0.3 is 11.9 Å². The van der Waals surface area contributed by atoms with E-state index in [1.165, 1.54) is 6.08 Å². The number of hydrogen-bond acceptors (Lipinski definition) is 6. The smallest absolute Gasteiger partial charge is 0.334 e. The molecule has 142 valence electrons. The van der Waals surface area contributed by atoms with Crippen LogP contribution in [0.4, 0.5) is 0 Å². The molecule has 1 N–H and O–H groups in total. The molecule has 6 nitrogen and oxygen atoms in total. The van der Waals surface area contributed by atoms with Crippen molar-refractivity contribution >= 4 is 11.9 Å². The molecule has 3 aliphatic rings. The Balaban J connectivity index is 1.94. The van der Waals surface area contributed by atoms with Crippen LogP contribution < -0.4 is 0 Å². The third-order valence-electron chi connectivity index (χ3n) is 5.38. The van der Waals surface area contributed by atoms with Crippen LogP contribution in [0.25, 0.3) is 0 Å². The third kappa shape index (κ3) is 3.35. The minimum absolute atomic E-state index is 0.192. The topological polar surface area (TPSA) is 85.4 Å². The number of carbonyl (C=O) groups excluding carboxylic acids is 2. The molecule has 2 heterocycles. The molecule has 0 saturated carbocycles. The van der Waals surface area contributed by atoms with Gasteiger partial charge in [0.15, 0.2) is 0 Å². The van der Waals surface area contributed by atoms with E-state index in [1.54, 1.807) is 13.8 Å². The summed E-state index contributed by atoms with van der Waals surface area (Å²) in [5.74, 6) is -1.74. The van der Waals surface area contributed by atoms with Crippen molar-refractivity contribution in [2.24, 2.45) is 5.92 Å². The number of aliphatic hydroxyl groups excluding tert-OH is 1. The molecule has 0 radical (unpaired) electrons. The van der Waals surface area contributed by atoms with Gasteiger partial charge in [0.05, 0.1) is 11.5 Å². The summed E-state index contributed by atoms with van der Waals surface area (Å²) in [6.45, 7) is 11.2. The van der Waals surface area contributed by atoms with E-state index in [0.29, 0.717) is 6.42 Å². The molecule has 0 aromatic carbocycles. The first-order chi connectivity index (χ1) is 12.1. The van der Waals surface area contributed by atoms with Gasteiger partial charge < -0.3 is 19.3 Å². The van der Waals surface area contributed by atoms with Crippen LogP contribution in [-0.2, 0) is 23.8 Å². The SMILES string of the molecule is C=C1C(=O)OC2C1C(O)C(OC(=O)C=C(C)C)C(C)=CCCC1(C)OC21. The fourth-order valence-corrected chi connectivity index (χ4v) is 3.85. The fraction of sp³-hybridized carbons (Fsp3) is 0.600. The van der Waals surface area contributed by atoms with Crippen molar-refractivity contribution in [3.63, 3.8) is 0 Å². The van der Waals surface area contributed by atoms with Gasteiger partial charge in [-0.2, -0.15) is 0 Å². The van der Waals surface area contributed by atoms with Crippen molar-refractivity contribution in [3.05, 3.63) is 35.5 Å². The van der Waals surface area contributed by atoms with Crippen molar-refractivity contribution in [1.29, 1.82) is 0 Å². The average Bonchev–Trinajstić information content (AvgIpc) is 3.11. The highest BCUT2D eigenvalue weighted by Crippen LogP contribution is 2.50. The largest absolute Gasteiger partial charge is 0.455 e. The van der Waals surface area contributed by atoms with Gasteiger partial charge in [0.25, 0.3) is 0 Å². The highest BCUT2D eigenvalue weighted by molar-refractivity contribution is 5.91. The Morgan fingerprint density at radius 1 is 1.46 bits per heavy atom. The summed E-state index contributed by atoms with van der Waals surface area (Å²) in [6.07, 6.45) is 1.88. The van der Waals surface area contributed by atoms with Crippen molar-refractivity contribution in [2.45, 2.75) is 70.6 Å². The lowest BCUT2D eigenvalue weighted by molar-refractivity contribution is -0.150. The van der Waals surface area contributed by atoms with E-state index in [4.69, 9.17) is 14.2 Å². The van der Waals surface area contributed by atoms with Gasteiger partial charge in [-0.1, -0.05) is 18.2 Å². The van der Waals surface area contributed by atoms with Crippen molar-refractivity contribution in [2.75, 3.05) is 0 Å². The highest BCUT2D eigenvalue weighted by atomic mass is 16.6. The van der Waals surface area contributed by atoms with Crippen molar-refractivity contribution in [3.8, 4) is 0 Å². The minimum atomic E-state index is -1.14. The molecular formula is C20H26O6. The van der Waals surface area contributed by atoms with E-state index in [-0.39, 0.29) is 17.3 Å². The first-order valence-corrected chi connectivity index (χ1v) is 8.92. The van der Waals surface area contributed by atoms with E-state index in [9.17, 15) is 14.7 Å². The summed E-state index contributed by atoms with van der Waals surface area (Å²) in [4.78, 5) is 24.2. The van der Waals surface area contributed by atoms with Crippen LogP contribution in [0.15, 0.2) is 35.5 Å². The van der Waals surface area contributed by atoms with Gasteiger partial charge in [0.1, 0.15) is 24.4 Å². The molecule has 26 heavy (non-hydrogen) atoms. The Morgan fingerprint density at radius 3 is 2.81 bits per heavy atom. The summed E-state index contributed by atoms with van der Waals surface area (Å²) in [6, 6.07) is 0. The van der Waals surface area contributed by atoms with Crippen molar-refractivity contribution < 1.29 is 28.9 Å². The maximum atomic E-state index is 12.1. The number of epoxide rings is 1. The summed E-state index contributed by atoms with van der Waals surface area (Å²) >= 11 is 0. The molecule has 6 atom stereocenters. The van der Waals surface area contributed by atoms with Crippen LogP contribution >= 0.6 is 0 Å². The molecule has 6 unspecified atom stereocenters. The molecule has 0 bridgehead atoms. The zero-order chi connectivity index (χ0) is 19.2. The number of allylic oxidation sites excluding steroid dienone is 2. The lowest BCUT2D eigenvalue weighted by atomic mass is 9.81. The molecule has 2 fully saturated rings. The Morgan fingerprint density at radius 2 is 2.15 bits per heavy atom. The van der Waals surface area contributed by atoms with Gasteiger partial charge in [-0.15, -0.1) is 0 Å². The first-order valence-electron chi connectivity index (χ1n) is 8.92. The highest BCUT2D eigenvalue weighted by Gasteiger charge is 2.63. The number of hydrogen-bond donors (Lipinski definition) is 1. The zero-order valence-corrected chi connectivity index (χ0v) is 15.7. The van der Waals surface area contributed by atoms with E-state index >= 15 is 0 Å². The molecule has 0 aromatic rings. The monoisotopic (exact) mass is 362 g/mol. The Hall–Kier alpha value is -1.92. The number of rotatable bonds is 2. The van der Waals surface area contributed by atoms with Crippen LogP contribution in [0.2, 0.25) is 0 Å². The number of fused-ring (bicyclic) bond motifs is 3. The standard InChI is InChI=1S/C20H26O6/c1-10(2)9-13(21)24-16-11(3)7-6-8-20(5)18(26-20)17-14(15(16)22)12(4)19(23)25-17/h7,9,14-18,22H,4,6,8H2,1-3,5H3. The van der Waals surface area contributed by atoms with Crippen LogP contribution in [-0.4, -0.2) is 47.1 Å². The van der Waals surface area contributed by atoms with E-state index in [1.807, 2.05) is 19.9 Å². The van der Waals surface area contributed by atoms with Gasteiger partial charge in [0, 0.05) is 11.6 Å². The molecule has 2 saturated heterocycles. The molecule has 0 amide bonds. The maximum absolute atomic E-state index is 12.1. The number of aliphatic hydroxyl groups is 1. The molecule has 0 spiro atoms. The number of ether oxygens (including phenoxy) is 3. The number of esters is 2. The Labute approximate surface area is 153 Å². The summed E-state index contributed by atoms with van der Waals surface area (Å²) < 4.78 is 16.8. The molecule has 6 heteroatoms. The van der Waals surface area contributed by atoms with E-state index in [0.717, 1.165) is 17.6 Å². The van der Waals surface area contributed by atoms with Gasteiger partial charge in [-0.3, -0.25) is 0 Å². The van der Waals surface area contributed by atoms with Crippen LogP contribution in [0.1, 0.15) is 40.5 Å². The van der Waals surface area contributed by atoms with Gasteiger partial charge in [0.2, 0.25) is 0 Å². The zero-order valence-electron chi connectivity index (χ0n) is 15.7. The first kappa shape index (κ1) is 18.9. The van der Waals surface area contributed by atoms with E-state index < -0.39 is 36.2 Å². The predicted octanol–water partition coefficient (Wildman–Crippen LogP) is 2.22. The average molecular weight is 362 g/mol. The second-order valence-corrected chi connectivity index (χ2v) is 7.83. The summed E-state index contributed by atoms with van der Waals surface area (Å²) in [5.41, 5.74) is 1.35.